The summed E-state index contributed by atoms with van der Waals surface area (Å²) in [5.41, 5.74) is 7.54. The number of nitrogens with two attached hydrogens (primary N) is 1. The Morgan fingerprint density at radius 2 is 2.00 bits per heavy atom. The lowest BCUT2D eigenvalue weighted by Crippen LogP contribution is -2.48. The van der Waals surface area contributed by atoms with Crippen molar-refractivity contribution in [1.82, 2.24) is 4.90 Å². The summed E-state index contributed by atoms with van der Waals surface area (Å²) in [5.74, 6) is 0.666. The van der Waals surface area contributed by atoms with Gasteiger partial charge in [0.25, 0.3) is 0 Å². The second-order valence-electron chi connectivity index (χ2n) is 5.01. The lowest BCUT2D eigenvalue weighted by molar-refractivity contribution is 0.128. The minimum Gasteiger partial charge on any atom is -0.326 e. The van der Waals surface area contributed by atoms with Crippen molar-refractivity contribution in [2.45, 2.75) is 32.4 Å². The monoisotopic (exact) mass is 218 g/mol. The van der Waals surface area contributed by atoms with Crippen molar-refractivity contribution in [3.8, 4) is 0 Å². The average molecular weight is 218 g/mol. The van der Waals surface area contributed by atoms with Crippen LogP contribution in [0.25, 0.3) is 0 Å². The van der Waals surface area contributed by atoms with E-state index in [1.54, 1.807) is 0 Å². The normalized spacial score (nSPS) is 28.9. The molecule has 2 nitrogen and oxygen atoms in total. The van der Waals surface area contributed by atoms with Crippen molar-refractivity contribution in [1.29, 1.82) is 0 Å². The van der Waals surface area contributed by atoms with Crippen molar-refractivity contribution >= 4 is 0 Å². The summed E-state index contributed by atoms with van der Waals surface area (Å²) < 4.78 is 0. The van der Waals surface area contributed by atoms with E-state index in [1.165, 1.54) is 18.5 Å². The van der Waals surface area contributed by atoms with Gasteiger partial charge < -0.3 is 5.73 Å². The van der Waals surface area contributed by atoms with E-state index in [-0.39, 0.29) is 0 Å². The fourth-order valence-corrected chi connectivity index (χ4v) is 2.42. The molecule has 1 saturated heterocycles. The second kappa shape index (κ2) is 4.98. The Labute approximate surface area is 98.4 Å². The molecule has 0 spiro atoms. The molecule has 16 heavy (non-hydrogen) atoms. The van der Waals surface area contributed by atoms with Crippen LogP contribution in [-0.2, 0) is 0 Å². The van der Waals surface area contributed by atoms with Gasteiger partial charge in [0.15, 0.2) is 0 Å². The van der Waals surface area contributed by atoms with Crippen LogP contribution in [-0.4, -0.2) is 24.0 Å². The third kappa shape index (κ3) is 2.45. The highest BCUT2D eigenvalue weighted by Crippen LogP contribution is 2.25. The number of nitrogens with zero attached hydrogens (tertiary/aromatic N) is 1. The summed E-state index contributed by atoms with van der Waals surface area (Å²) in [7, 11) is 0. The Kier molecular flexibility index (Phi) is 3.62. The first-order chi connectivity index (χ1) is 7.68. The molecule has 3 unspecified atom stereocenters. The molecule has 1 aliphatic heterocycles. The molecular weight excluding hydrogens is 196 g/mol. The zero-order valence-electron chi connectivity index (χ0n) is 10.3. The SMILES string of the molecule is CC1CCN(C(C)c2ccccc2)CC1N. The van der Waals surface area contributed by atoms with E-state index < -0.39 is 0 Å². The van der Waals surface area contributed by atoms with Gasteiger partial charge in [-0.05, 0) is 31.4 Å². The van der Waals surface area contributed by atoms with E-state index in [0.717, 1.165) is 6.54 Å². The molecule has 0 bridgehead atoms. The summed E-state index contributed by atoms with van der Waals surface area (Å²) in [6, 6.07) is 11.5. The van der Waals surface area contributed by atoms with Crippen molar-refractivity contribution in [2.24, 2.45) is 11.7 Å². The number of benzene rings is 1. The molecule has 0 aliphatic carbocycles. The Morgan fingerprint density at radius 1 is 1.31 bits per heavy atom. The highest BCUT2D eigenvalue weighted by atomic mass is 15.2. The first-order valence-electron chi connectivity index (χ1n) is 6.23. The standard InChI is InChI=1S/C14H22N2/c1-11-8-9-16(10-14(11)15)12(2)13-6-4-3-5-7-13/h3-7,11-12,14H,8-10,15H2,1-2H3. The Balaban J connectivity index is 2.03. The second-order valence-corrected chi connectivity index (χ2v) is 5.01. The zero-order valence-corrected chi connectivity index (χ0v) is 10.3. The molecule has 1 aliphatic rings. The van der Waals surface area contributed by atoms with Crippen molar-refractivity contribution < 1.29 is 0 Å². The van der Waals surface area contributed by atoms with Gasteiger partial charge in [-0.15, -0.1) is 0 Å². The fourth-order valence-electron chi connectivity index (χ4n) is 2.42. The summed E-state index contributed by atoms with van der Waals surface area (Å²) in [6.07, 6.45) is 1.22. The lowest BCUT2D eigenvalue weighted by Gasteiger charge is -2.38. The van der Waals surface area contributed by atoms with Crippen LogP contribution in [0, 0.1) is 5.92 Å². The van der Waals surface area contributed by atoms with Crippen molar-refractivity contribution in [3.05, 3.63) is 35.9 Å². The minimum absolute atomic E-state index is 0.333. The average Bonchev–Trinajstić information content (AvgIpc) is 2.33. The highest BCUT2D eigenvalue weighted by molar-refractivity contribution is 5.18. The number of hydrogen-bond acceptors (Lipinski definition) is 2. The molecule has 0 radical (unpaired) electrons. The maximum absolute atomic E-state index is 6.14. The molecule has 88 valence electrons. The molecule has 1 heterocycles. The van der Waals surface area contributed by atoms with E-state index in [2.05, 4.69) is 49.1 Å². The first-order valence-corrected chi connectivity index (χ1v) is 6.23. The largest absolute Gasteiger partial charge is 0.326 e. The summed E-state index contributed by atoms with van der Waals surface area (Å²) >= 11 is 0. The predicted octanol–water partition coefficient (Wildman–Crippen LogP) is 2.42. The van der Waals surface area contributed by atoms with E-state index in [0.29, 0.717) is 18.0 Å². The Hall–Kier alpha value is -0.860. The number of piperidine rings is 1. The van der Waals surface area contributed by atoms with Gasteiger partial charge in [-0.3, -0.25) is 4.90 Å². The molecule has 1 aromatic rings. The van der Waals surface area contributed by atoms with E-state index >= 15 is 0 Å². The third-order valence-corrected chi connectivity index (χ3v) is 3.88. The van der Waals surface area contributed by atoms with Crippen LogP contribution in [0.1, 0.15) is 31.9 Å². The molecule has 2 N–H and O–H groups in total. The number of rotatable bonds is 2. The van der Waals surface area contributed by atoms with Crippen LogP contribution < -0.4 is 5.73 Å². The molecule has 0 aromatic heterocycles. The first kappa shape index (κ1) is 11.6. The number of likely N-dealkylation sites (tertiary alicyclic amines) is 1. The van der Waals surface area contributed by atoms with Crippen LogP contribution in [0.15, 0.2) is 30.3 Å². The van der Waals surface area contributed by atoms with Crippen LogP contribution in [0.5, 0.6) is 0 Å². The molecular formula is C14H22N2. The van der Waals surface area contributed by atoms with Crippen LogP contribution in [0.2, 0.25) is 0 Å². The summed E-state index contributed by atoms with van der Waals surface area (Å²) in [5, 5.41) is 0. The molecule has 0 amide bonds. The predicted molar refractivity (Wildman–Crippen MR) is 68.2 cm³/mol. The van der Waals surface area contributed by atoms with Gasteiger partial charge in [-0.1, -0.05) is 37.3 Å². The fraction of sp³-hybridized carbons (Fsp3) is 0.571. The van der Waals surface area contributed by atoms with E-state index in [9.17, 15) is 0 Å². The van der Waals surface area contributed by atoms with Crippen LogP contribution >= 0.6 is 0 Å². The molecule has 1 aromatic carbocycles. The third-order valence-electron chi connectivity index (χ3n) is 3.88. The quantitative estimate of drug-likeness (QED) is 0.826. The van der Waals surface area contributed by atoms with E-state index in [1.807, 2.05) is 0 Å². The molecule has 0 saturated carbocycles. The van der Waals surface area contributed by atoms with Gasteiger partial charge in [-0.25, -0.2) is 0 Å². The van der Waals surface area contributed by atoms with Crippen LogP contribution in [0.3, 0.4) is 0 Å². The van der Waals surface area contributed by atoms with Gasteiger partial charge in [0.05, 0.1) is 0 Å². The van der Waals surface area contributed by atoms with Gasteiger partial charge >= 0.3 is 0 Å². The summed E-state index contributed by atoms with van der Waals surface area (Å²) in [6.45, 7) is 6.73. The number of hydrogen-bond donors (Lipinski definition) is 1. The maximum Gasteiger partial charge on any atom is 0.0320 e. The molecule has 2 heteroatoms. The van der Waals surface area contributed by atoms with Gasteiger partial charge in [0.2, 0.25) is 0 Å². The minimum atomic E-state index is 0.333. The smallest absolute Gasteiger partial charge is 0.0320 e. The van der Waals surface area contributed by atoms with E-state index in [4.69, 9.17) is 5.73 Å². The Morgan fingerprint density at radius 3 is 2.62 bits per heavy atom. The topological polar surface area (TPSA) is 29.3 Å². The van der Waals surface area contributed by atoms with Gasteiger partial charge in [0.1, 0.15) is 0 Å². The van der Waals surface area contributed by atoms with Gasteiger partial charge in [0, 0.05) is 18.6 Å². The van der Waals surface area contributed by atoms with Gasteiger partial charge in [-0.2, -0.15) is 0 Å². The molecule has 2 rings (SSSR count). The zero-order chi connectivity index (χ0) is 11.5. The summed E-state index contributed by atoms with van der Waals surface area (Å²) in [4.78, 5) is 2.50. The lowest BCUT2D eigenvalue weighted by atomic mass is 9.92. The molecule has 1 fully saturated rings. The van der Waals surface area contributed by atoms with Crippen molar-refractivity contribution in [2.75, 3.05) is 13.1 Å². The van der Waals surface area contributed by atoms with Crippen molar-refractivity contribution in [3.63, 3.8) is 0 Å². The molecule has 3 atom stereocenters. The maximum atomic E-state index is 6.14. The Bertz CT molecular complexity index is 323. The van der Waals surface area contributed by atoms with Crippen LogP contribution in [0.4, 0.5) is 0 Å². The highest BCUT2D eigenvalue weighted by Gasteiger charge is 2.26.